The van der Waals surface area contributed by atoms with E-state index in [9.17, 15) is 4.79 Å². The van der Waals surface area contributed by atoms with E-state index in [1.54, 1.807) is 6.92 Å². The molecule has 1 aliphatic rings. The summed E-state index contributed by atoms with van der Waals surface area (Å²) in [5.74, 6) is -0.282. The molecule has 0 aromatic heterocycles. The molecule has 0 saturated carbocycles. The topological polar surface area (TPSA) is 47.9 Å². The maximum Gasteiger partial charge on any atom is 0.303 e. The Labute approximate surface area is 71.5 Å². The van der Waals surface area contributed by atoms with Crippen LogP contribution in [0.15, 0.2) is 5.16 Å². The van der Waals surface area contributed by atoms with Crippen molar-refractivity contribution in [1.82, 2.24) is 0 Å². The molecule has 0 amide bonds. The number of ether oxygens (including phenoxy) is 1. The molecule has 0 N–H and O–H groups in total. The van der Waals surface area contributed by atoms with Gasteiger partial charge in [-0.3, -0.25) is 4.79 Å². The number of nitrogens with zero attached hydrogens (tertiary/aromatic N) is 1. The fraction of sp³-hybridized carbons (Fsp3) is 0.750. The second-order valence-corrected chi connectivity index (χ2v) is 2.99. The molecule has 0 saturated heterocycles. The molecule has 0 spiro atoms. The van der Waals surface area contributed by atoms with E-state index in [0.717, 1.165) is 12.1 Å². The SMILES string of the molecule is CC(=O)O[C@H](C)[C@H]1CC(C)=NO1. The van der Waals surface area contributed by atoms with Gasteiger partial charge in [-0.25, -0.2) is 0 Å². The van der Waals surface area contributed by atoms with E-state index in [-0.39, 0.29) is 18.2 Å². The van der Waals surface area contributed by atoms with Crippen molar-refractivity contribution in [3.05, 3.63) is 0 Å². The van der Waals surface area contributed by atoms with Crippen molar-refractivity contribution in [3.8, 4) is 0 Å². The van der Waals surface area contributed by atoms with Gasteiger partial charge in [-0.15, -0.1) is 0 Å². The van der Waals surface area contributed by atoms with Crippen molar-refractivity contribution >= 4 is 11.7 Å². The van der Waals surface area contributed by atoms with Crippen molar-refractivity contribution in [2.45, 2.75) is 39.4 Å². The summed E-state index contributed by atoms with van der Waals surface area (Å²) in [6.45, 7) is 5.08. The Bertz CT molecular complexity index is 212. The lowest BCUT2D eigenvalue weighted by atomic mass is 10.1. The summed E-state index contributed by atoms with van der Waals surface area (Å²) in [6.07, 6.45) is 0.423. The highest BCUT2D eigenvalue weighted by Gasteiger charge is 2.26. The molecular weight excluding hydrogens is 158 g/mol. The maximum atomic E-state index is 10.6. The van der Waals surface area contributed by atoms with Crippen LogP contribution in [0.1, 0.15) is 27.2 Å². The summed E-state index contributed by atoms with van der Waals surface area (Å²) < 4.78 is 4.95. The van der Waals surface area contributed by atoms with E-state index in [0.29, 0.717) is 0 Å². The van der Waals surface area contributed by atoms with Crippen LogP contribution in [0.25, 0.3) is 0 Å². The summed E-state index contributed by atoms with van der Waals surface area (Å²) in [4.78, 5) is 15.6. The number of hydrogen-bond acceptors (Lipinski definition) is 4. The Morgan fingerprint density at radius 1 is 1.83 bits per heavy atom. The predicted molar refractivity (Wildman–Crippen MR) is 43.8 cm³/mol. The monoisotopic (exact) mass is 171 g/mol. The van der Waals surface area contributed by atoms with Gasteiger partial charge in [-0.1, -0.05) is 5.16 Å². The first-order chi connectivity index (χ1) is 5.59. The van der Waals surface area contributed by atoms with Gasteiger partial charge in [-0.05, 0) is 13.8 Å². The highest BCUT2D eigenvalue weighted by Crippen LogP contribution is 2.15. The first-order valence-corrected chi connectivity index (χ1v) is 3.96. The van der Waals surface area contributed by atoms with E-state index in [2.05, 4.69) is 5.16 Å². The fourth-order valence-corrected chi connectivity index (χ4v) is 1.11. The highest BCUT2D eigenvalue weighted by molar-refractivity contribution is 5.82. The molecule has 0 bridgehead atoms. The Kier molecular flexibility index (Phi) is 2.68. The first-order valence-electron chi connectivity index (χ1n) is 3.96. The van der Waals surface area contributed by atoms with Crippen molar-refractivity contribution in [1.29, 1.82) is 0 Å². The second kappa shape index (κ2) is 3.56. The standard InChI is InChI=1S/C8H13NO3/c1-5-4-8(12-9-5)6(2)11-7(3)10/h6,8H,4H2,1-3H3/t6-,8-/m1/s1. The average Bonchev–Trinajstić information content (AvgIpc) is 2.34. The van der Waals surface area contributed by atoms with E-state index in [1.807, 2.05) is 6.92 Å². The zero-order chi connectivity index (χ0) is 9.14. The van der Waals surface area contributed by atoms with Crippen molar-refractivity contribution in [2.24, 2.45) is 5.16 Å². The van der Waals surface area contributed by atoms with Crippen LogP contribution in [0.3, 0.4) is 0 Å². The molecule has 0 radical (unpaired) electrons. The van der Waals surface area contributed by atoms with E-state index in [1.165, 1.54) is 6.92 Å². The molecule has 0 aromatic rings. The molecule has 0 unspecified atom stereocenters. The zero-order valence-corrected chi connectivity index (χ0v) is 7.53. The molecule has 4 nitrogen and oxygen atoms in total. The molecule has 1 aliphatic heterocycles. The Hall–Kier alpha value is -1.06. The summed E-state index contributed by atoms with van der Waals surface area (Å²) in [6, 6.07) is 0. The quantitative estimate of drug-likeness (QED) is 0.584. The molecule has 68 valence electrons. The van der Waals surface area contributed by atoms with E-state index >= 15 is 0 Å². The molecule has 1 rings (SSSR count). The van der Waals surface area contributed by atoms with E-state index in [4.69, 9.17) is 9.57 Å². The minimum atomic E-state index is -0.282. The molecule has 12 heavy (non-hydrogen) atoms. The molecule has 0 fully saturated rings. The van der Waals surface area contributed by atoms with Crippen LogP contribution in [-0.4, -0.2) is 23.9 Å². The summed E-state index contributed by atoms with van der Waals surface area (Å²) in [5.41, 5.74) is 0.944. The van der Waals surface area contributed by atoms with E-state index < -0.39 is 0 Å². The summed E-state index contributed by atoms with van der Waals surface area (Å²) in [7, 11) is 0. The Morgan fingerprint density at radius 3 is 2.92 bits per heavy atom. The van der Waals surface area contributed by atoms with Gasteiger partial charge in [0.1, 0.15) is 6.10 Å². The maximum absolute atomic E-state index is 10.6. The molecule has 0 aromatic carbocycles. The van der Waals surface area contributed by atoms with Crippen LogP contribution in [-0.2, 0) is 14.4 Å². The van der Waals surface area contributed by atoms with Gasteiger partial charge in [0, 0.05) is 13.3 Å². The number of carbonyl (C=O) groups excluding carboxylic acids is 1. The lowest BCUT2D eigenvalue weighted by Crippen LogP contribution is -2.27. The molecular formula is C8H13NO3. The highest BCUT2D eigenvalue weighted by atomic mass is 16.7. The molecule has 0 aliphatic carbocycles. The van der Waals surface area contributed by atoms with Gasteiger partial charge in [0.15, 0.2) is 6.10 Å². The second-order valence-electron chi connectivity index (χ2n) is 2.99. The normalized spacial score (nSPS) is 24.2. The molecule has 4 heteroatoms. The Balaban J connectivity index is 2.35. The molecule has 1 heterocycles. The van der Waals surface area contributed by atoms with Gasteiger partial charge in [0.05, 0.1) is 5.71 Å². The van der Waals surface area contributed by atoms with Gasteiger partial charge in [-0.2, -0.15) is 0 Å². The van der Waals surface area contributed by atoms with Crippen molar-refractivity contribution in [2.75, 3.05) is 0 Å². The van der Waals surface area contributed by atoms with Gasteiger partial charge in [0.2, 0.25) is 0 Å². The third-order valence-corrected chi connectivity index (χ3v) is 1.72. The lowest BCUT2D eigenvalue weighted by molar-refractivity contribution is -0.152. The van der Waals surface area contributed by atoms with Gasteiger partial charge < -0.3 is 9.57 Å². The fourth-order valence-electron chi connectivity index (χ4n) is 1.11. The third-order valence-electron chi connectivity index (χ3n) is 1.72. The number of rotatable bonds is 2. The summed E-state index contributed by atoms with van der Waals surface area (Å²) >= 11 is 0. The third kappa shape index (κ3) is 2.22. The van der Waals surface area contributed by atoms with Crippen LogP contribution in [0.2, 0.25) is 0 Å². The van der Waals surface area contributed by atoms with Crippen LogP contribution < -0.4 is 0 Å². The van der Waals surface area contributed by atoms with Crippen LogP contribution >= 0.6 is 0 Å². The number of oxime groups is 1. The van der Waals surface area contributed by atoms with Gasteiger partial charge in [0.25, 0.3) is 0 Å². The largest absolute Gasteiger partial charge is 0.459 e. The number of carbonyl (C=O) groups is 1. The minimum absolute atomic E-state index is 0.103. The van der Waals surface area contributed by atoms with Crippen LogP contribution in [0.5, 0.6) is 0 Å². The number of hydrogen-bond donors (Lipinski definition) is 0. The first kappa shape index (κ1) is 9.03. The predicted octanol–water partition coefficient (Wildman–Crippen LogP) is 1.10. The van der Waals surface area contributed by atoms with Gasteiger partial charge >= 0.3 is 5.97 Å². The number of esters is 1. The zero-order valence-electron chi connectivity index (χ0n) is 7.53. The van der Waals surface area contributed by atoms with Crippen LogP contribution in [0.4, 0.5) is 0 Å². The van der Waals surface area contributed by atoms with Crippen LogP contribution in [0, 0.1) is 0 Å². The van der Waals surface area contributed by atoms with Crippen molar-refractivity contribution in [3.63, 3.8) is 0 Å². The smallest absolute Gasteiger partial charge is 0.303 e. The summed E-state index contributed by atoms with van der Waals surface area (Å²) in [5, 5.41) is 3.77. The Morgan fingerprint density at radius 2 is 2.50 bits per heavy atom. The van der Waals surface area contributed by atoms with Crippen molar-refractivity contribution < 1.29 is 14.4 Å². The molecule has 2 atom stereocenters. The average molecular weight is 171 g/mol. The minimum Gasteiger partial charge on any atom is -0.459 e. The lowest BCUT2D eigenvalue weighted by Gasteiger charge is -2.16.